The van der Waals surface area contributed by atoms with Crippen LogP contribution in [0.25, 0.3) is 0 Å². The van der Waals surface area contributed by atoms with Crippen LogP contribution in [0.5, 0.6) is 23.0 Å². The number of benzene rings is 17. The molecule has 568 valence electrons. The van der Waals surface area contributed by atoms with Crippen molar-refractivity contribution in [1.29, 1.82) is 0 Å². The third-order valence-electron chi connectivity index (χ3n) is 24.0. The van der Waals surface area contributed by atoms with Crippen molar-refractivity contribution in [3.63, 3.8) is 0 Å². The summed E-state index contributed by atoms with van der Waals surface area (Å²) in [6.07, 6.45) is 0. The molecule has 18 heteroatoms. The van der Waals surface area contributed by atoms with Crippen molar-refractivity contribution in [2.45, 2.75) is 0 Å². The minimum Gasteiger partial charge on any atom is -0.458 e. The van der Waals surface area contributed by atoms with Gasteiger partial charge in [0, 0.05) is 104 Å². The van der Waals surface area contributed by atoms with E-state index >= 15 is 26.3 Å². The summed E-state index contributed by atoms with van der Waals surface area (Å²) in [4.78, 5) is 13.4. The molecule has 0 aliphatic carbocycles. The Morgan fingerprint density at radius 3 is 0.900 bits per heavy atom. The molecule has 0 fully saturated rings. The third kappa shape index (κ3) is 10.9. The number of anilines is 21. The van der Waals surface area contributed by atoms with Crippen LogP contribution in [0, 0.1) is 34.9 Å². The van der Waals surface area contributed by atoms with Crippen LogP contribution < -0.4 is 92.9 Å². The average Bonchev–Trinajstić information content (AvgIpc) is 0.678. The predicted molar refractivity (Wildman–Crippen MR) is 476 cm³/mol. The molecule has 0 amide bonds. The molecule has 0 aromatic heterocycles. The Balaban J connectivity index is 0.849. The fourth-order valence-corrected chi connectivity index (χ4v) is 19.2. The smallest absolute Gasteiger partial charge is 0.256 e. The van der Waals surface area contributed by atoms with Gasteiger partial charge in [0.2, 0.25) is 0 Å². The van der Waals surface area contributed by atoms with Gasteiger partial charge in [-0.1, -0.05) is 194 Å². The Bertz CT molecular complexity index is 6860. The van der Waals surface area contributed by atoms with Gasteiger partial charge in [0.15, 0.2) is 0 Å². The summed E-state index contributed by atoms with van der Waals surface area (Å²) in [7, 11) is 0. The van der Waals surface area contributed by atoms with E-state index in [0.29, 0.717) is 112 Å². The number of hydrogen-bond donors (Lipinski definition) is 0. The maximum Gasteiger partial charge on any atom is 0.256 e. The third-order valence-corrected chi connectivity index (χ3v) is 24.0. The second-order valence-electron chi connectivity index (χ2n) is 30.6. The van der Waals surface area contributed by atoms with Gasteiger partial charge in [0.1, 0.15) is 75.0 Å². The van der Waals surface area contributed by atoms with Gasteiger partial charge < -0.3 is 43.8 Å². The minimum atomic E-state index is -0.944. The van der Waals surface area contributed by atoms with Gasteiger partial charge in [-0.3, -0.25) is 0 Å². The molecule has 0 atom stereocenters. The van der Waals surface area contributed by atoms with Crippen molar-refractivity contribution in [3.05, 3.63) is 411 Å². The van der Waals surface area contributed by atoms with E-state index in [1.165, 1.54) is 54.6 Å². The molecule has 0 N–H and O–H groups in total. The highest BCUT2D eigenvalue weighted by Crippen LogP contribution is 2.55. The van der Waals surface area contributed by atoms with Gasteiger partial charge in [-0.25, -0.2) is 26.3 Å². The number of ether oxygens (including phenoxy) is 2. The normalized spacial score (nSPS) is 13.1. The van der Waals surface area contributed by atoms with Gasteiger partial charge in [-0.05, 0) is 213 Å². The quantitative estimate of drug-likeness (QED) is 0.0829. The Morgan fingerprint density at radius 2 is 0.492 bits per heavy atom. The number of halogens is 6. The first kappa shape index (κ1) is 70.2. The van der Waals surface area contributed by atoms with E-state index in [1.54, 1.807) is 14.7 Å². The summed E-state index contributed by atoms with van der Waals surface area (Å²) in [6.45, 7) is -2.37. The maximum atomic E-state index is 18.4. The molecule has 0 spiro atoms. The van der Waals surface area contributed by atoms with Crippen LogP contribution in [-0.2, 0) is 0 Å². The molecular weight excluding hydrogens is 1500 g/mol. The fourth-order valence-electron chi connectivity index (χ4n) is 19.2. The largest absolute Gasteiger partial charge is 0.458 e. The van der Waals surface area contributed by atoms with Crippen molar-refractivity contribution in [2.24, 2.45) is 0 Å². The number of rotatable bonds is 13. The first-order valence-electron chi connectivity index (χ1n) is 39.8. The molecule has 0 saturated carbocycles. The van der Waals surface area contributed by atoms with Crippen molar-refractivity contribution in [2.75, 3.05) is 34.3 Å². The summed E-state index contributed by atoms with van der Waals surface area (Å²) < 4.78 is 124. The lowest BCUT2D eigenvalue weighted by Gasteiger charge is -2.47. The van der Waals surface area contributed by atoms with Gasteiger partial charge in [-0.15, -0.1) is 0 Å². The standard InChI is InChI=1S/C102H62B3F6N7O2/c106-79-45-26-46-80(107)100(79)116-86-61-87-76(59-75(86)103-73-43-22-24-51-85(73)115(69-41-20-7-21-42-69)89-53-70(54-90(116)97(89)103)112(63-29-8-1-9-30-63)64-31-10-2-11-32-64)105-78-60-77-88(62-94(78)120-96-58-72(114(67-37-16-5-17-38-67)68-39-18-6-19-40-68)56-92(99(96)105)117(87)101-81(108)47-27-48-82(101)109)118(102-83(110)49-28-50-84(102)111)91-55-71(57-95-98(91)104(77)74-44-23-25-52-93(74)119-95)113(65-33-12-3-13-34-65)66-35-14-4-15-36-66/h1-62H. The molecule has 0 bridgehead atoms. The van der Waals surface area contributed by atoms with Crippen LogP contribution >= 0.6 is 0 Å². The molecule has 120 heavy (non-hydrogen) atoms. The van der Waals surface area contributed by atoms with Crippen LogP contribution in [0.4, 0.5) is 146 Å². The Kier molecular flexibility index (Phi) is 16.2. The highest BCUT2D eigenvalue weighted by molar-refractivity contribution is 7.04. The van der Waals surface area contributed by atoms with Crippen LogP contribution in [0.3, 0.4) is 0 Å². The lowest BCUT2D eigenvalue weighted by Crippen LogP contribution is -2.65. The topological polar surface area (TPSA) is 41.1 Å². The number of para-hydroxylation sites is 12. The zero-order valence-electron chi connectivity index (χ0n) is 63.7. The van der Waals surface area contributed by atoms with Crippen LogP contribution in [0.1, 0.15) is 0 Å². The molecule has 6 aliphatic heterocycles. The van der Waals surface area contributed by atoms with E-state index in [4.69, 9.17) is 9.47 Å². The summed E-state index contributed by atoms with van der Waals surface area (Å²) >= 11 is 0. The van der Waals surface area contributed by atoms with E-state index in [2.05, 4.69) is 45.0 Å². The molecule has 6 aliphatic rings. The molecule has 6 heterocycles. The average molecular weight is 1560 g/mol. The Hall–Kier alpha value is -15.3. The lowest BCUT2D eigenvalue weighted by molar-refractivity contribution is 0.487. The van der Waals surface area contributed by atoms with Gasteiger partial charge in [0.25, 0.3) is 20.1 Å². The molecule has 17 aromatic carbocycles. The SMILES string of the molecule is Fc1cccc(F)c1N1c2cc3c(cc2B2c4ccccc4Oc4cc(N(c5ccccc5)c5ccccc5)cc1c42)B1c2cc4c(cc2N(c2c(F)cccc2F)c2cc(N(c5ccccc5)c5ccccc5)cc(c21)O3)N(c1c(F)cccc1F)c1cc(N(c2ccccc2)c2ccccc2)cc2c1B4c1ccccc1N2c1ccccc1. The predicted octanol–water partition coefficient (Wildman–Crippen LogP) is 21.8. The highest BCUT2D eigenvalue weighted by Gasteiger charge is 2.52. The summed E-state index contributed by atoms with van der Waals surface area (Å²) in [6, 6.07) is 117. The second-order valence-corrected chi connectivity index (χ2v) is 30.6. The maximum absolute atomic E-state index is 18.4. The fraction of sp³-hybridized carbons (Fsp3) is 0. The molecule has 0 saturated heterocycles. The number of fused-ring (bicyclic) bond motifs is 12. The molecular formula is C102H62B3F6N7O2. The van der Waals surface area contributed by atoms with Crippen LogP contribution in [0.2, 0.25) is 0 Å². The highest BCUT2D eigenvalue weighted by atomic mass is 19.2. The van der Waals surface area contributed by atoms with Gasteiger partial charge in [-0.2, -0.15) is 0 Å². The number of nitrogens with zero attached hydrogens (tertiary/aromatic N) is 7. The molecule has 0 radical (unpaired) electrons. The minimum absolute atomic E-state index is 0.259. The molecule has 9 nitrogen and oxygen atoms in total. The van der Waals surface area contributed by atoms with Crippen molar-refractivity contribution in [3.8, 4) is 23.0 Å². The zero-order valence-corrected chi connectivity index (χ0v) is 63.7. The van der Waals surface area contributed by atoms with Gasteiger partial charge in [0.05, 0.1) is 17.1 Å². The summed E-state index contributed by atoms with van der Waals surface area (Å²) in [5, 5.41) is 0. The first-order valence-corrected chi connectivity index (χ1v) is 39.8. The zero-order chi connectivity index (χ0) is 80.1. The molecule has 0 unspecified atom stereocenters. The van der Waals surface area contributed by atoms with E-state index in [9.17, 15) is 0 Å². The lowest BCUT2D eigenvalue weighted by atomic mass is 9.29. The van der Waals surface area contributed by atoms with Crippen molar-refractivity contribution >= 4 is 189 Å². The second kappa shape index (κ2) is 27.7. The van der Waals surface area contributed by atoms with E-state index < -0.39 is 66.4 Å². The monoisotopic (exact) mass is 1560 g/mol. The Labute approximate surface area is 688 Å². The van der Waals surface area contributed by atoms with Crippen LogP contribution in [0.15, 0.2) is 376 Å². The molecule has 23 rings (SSSR count). The van der Waals surface area contributed by atoms with E-state index in [1.807, 2.05) is 296 Å². The van der Waals surface area contributed by atoms with Gasteiger partial charge >= 0.3 is 0 Å². The van der Waals surface area contributed by atoms with E-state index in [-0.39, 0.29) is 11.4 Å². The number of hydrogen-bond acceptors (Lipinski definition) is 9. The summed E-state index contributed by atoms with van der Waals surface area (Å²) in [5.41, 5.74) is 15.7. The first-order chi connectivity index (χ1) is 59.1. The summed E-state index contributed by atoms with van der Waals surface area (Å²) in [5.74, 6) is -3.64. The van der Waals surface area contributed by atoms with Crippen LogP contribution in [-0.4, -0.2) is 20.1 Å². The van der Waals surface area contributed by atoms with E-state index in [0.717, 1.165) is 56.4 Å². The van der Waals surface area contributed by atoms with Crippen molar-refractivity contribution < 1.29 is 35.8 Å². The Morgan fingerprint density at radius 1 is 0.192 bits per heavy atom. The molecule has 17 aromatic rings. The van der Waals surface area contributed by atoms with Crippen molar-refractivity contribution in [1.82, 2.24) is 0 Å².